The van der Waals surface area contributed by atoms with Gasteiger partial charge >= 0.3 is 0 Å². The normalized spacial score (nSPS) is 11.3. The highest BCUT2D eigenvalue weighted by molar-refractivity contribution is 7.11. The van der Waals surface area contributed by atoms with Gasteiger partial charge in [-0.3, -0.25) is 9.36 Å². The van der Waals surface area contributed by atoms with E-state index in [1.807, 2.05) is 20.8 Å². The van der Waals surface area contributed by atoms with Gasteiger partial charge in [-0.25, -0.2) is 15.0 Å². The molecular weight excluding hydrogens is 388 g/mol. The molecule has 3 heterocycles. The van der Waals surface area contributed by atoms with Gasteiger partial charge in [0.15, 0.2) is 11.5 Å². The third kappa shape index (κ3) is 2.82. The minimum atomic E-state index is -0.668. The summed E-state index contributed by atoms with van der Waals surface area (Å²) < 4.78 is 1.65. The Bertz CT molecular complexity index is 1300. The summed E-state index contributed by atoms with van der Waals surface area (Å²) in [6.45, 7) is 7.56. The molecule has 0 saturated heterocycles. The number of phenolic OH excluding ortho intramolecular Hbond substituents is 1. The van der Waals surface area contributed by atoms with Gasteiger partial charge in [-0.2, -0.15) is 0 Å². The highest BCUT2D eigenvalue weighted by Gasteiger charge is 2.25. The van der Waals surface area contributed by atoms with Crippen LogP contribution in [0.4, 0.5) is 5.82 Å². The number of phenols is 1. The van der Waals surface area contributed by atoms with Crippen molar-refractivity contribution in [3.05, 3.63) is 44.9 Å². The summed E-state index contributed by atoms with van der Waals surface area (Å²) in [6, 6.07) is 3.40. The van der Waals surface area contributed by atoms with Crippen molar-refractivity contribution in [1.82, 2.24) is 19.5 Å². The Morgan fingerprint density at radius 3 is 2.52 bits per heavy atom. The van der Waals surface area contributed by atoms with E-state index in [2.05, 4.69) is 9.97 Å². The summed E-state index contributed by atoms with van der Waals surface area (Å²) in [4.78, 5) is 26.8. The second kappa shape index (κ2) is 6.56. The molecule has 4 aromatic rings. The van der Waals surface area contributed by atoms with E-state index in [1.165, 1.54) is 0 Å². The number of rotatable bonds is 3. The van der Waals surface area contributed by atoms with Crippen LogP contribution in [0.25, 0.3) is 28.2 Å². The molecule has 0 aliphatic heterocycles. The van der Waals surface area contributed by atoms with Gasteiger partial charge < -0.3 is 16.6 Å². The molecule has 0 radical (unpaired) electrons. The van der Waals surface area contributed by atoms with Crippen molar-refractivity contribution >= 4 is 34.1 Å². The molecule has 29 heavy (non-hydrogen) atoms. The first kappa shape index (κ1) is 18.9. The van der Waals surface area contributed by atoms with Crippen LogP contribution in [0.3, 0.4) is 0 Å². The highest BCUT2D eigenvalue weighted by atomic mass is 32.1. The Kier molecular flexibility index (Phi) is 4.27. The molecule has 8 nitrogen and oxygen atoms in total. The summed E-state index contributed by atoms with van der Waals surface area (Å²) in [5.41, 5.74) is 15.4. The van der Waals surface area contributed by atoms with E-state index in [4.69, 9.17) is 16.5 Å². The van der Waals surface area contributed by atoms with Crippen LogP contribution in [0.5, 0.6) is 5.75 Å². The number of nitrogen functional groups attached to an aromatic ring is 1. The van der Waals surface area contributed by atoms with Crippen LogP contribution in [0.2, 0.25) is 0 Å². The van der Waals surface area contributed by atoms with Crippen LogP contribution in [-0.2, 0) is 0 Å². The van der Waals surface area contributed by atoms with Crippen molar-refractivity contribution < 1.29 is 9.90 Å². The van der Waals surface area contributed by atoms with Crippen molar-refractivity contribution in [1.29, 1.82) is 0 Å². The Morgan fingerprint density at radius 1 is 1.17 bits per heavy atom. The number of nitrogens with zero attached hydrogens (tertiary/aromatic N) is 4. The van der Waals surface area contributed by atoms with Gasteiger partial charge in [0.1, 0.15) is 17.3 Å². The number of aryl methyl sites for hydroxylation is 3. The zero-order valence-corrected chi connectivity index (χ0v) is 17.3. The number of thiazole rings is 1. The average Bonchev–Trinajstić information content (AvgIpc) is 3.14. The number of benzene rings is 1. The topological polar surface area (TPSA) is 133 Å². The smallest absolute Gasteiger partial charge is 0.253 e. The number of amides is 1. The number of anilines is 1. The fourth-order valence-corrected chi connectivity index (χ4v) is 4.40. The monoisotopic (exact) mass is 408 g/mol. The average molecular weight is 408 g/mol. The Labute approximate surface area is 170 Å². The summed E-state index contributed by atoms with van der Waals surface area (Å²) in [5, 5.41) is 11.6. The first-order valence-corrected chi connectivity index (χ1v) is 9.73. The Morgan fingerprint density at radius 2 is 1.90 bits per heavy atom. The van der Waals surface area contributed by atoms with Crippen molar-refractivity contribution in [2.24, 2.45) is 5.73 Å². The minimum Gasteiger partial charge on any atom is -0.508 e. The Balaban J connectivity index is 2.12. The third-order valence-corrected chi connectivity index (χ3v) is 5.82. The van der Waals surface area contributed by atoms with Crippen molar-refractivity contribution in [3.8, 4) is 23.0 Å². The summed E-state index contributed by atoms with van der Waals surface area (Å²) in [7, 11) is 0. The molecule has 0 saturated carbocycles. The molecule has 1 aromatic carbocycles. The zero-order valence-electron chi connectivity index (χ0n) is 16.4. The van der Waals surface area contributed by atoms with Gasteiger partial charge in [-0.05, 0) is 39.3 Å². The minimum absolute atomic E-state index is 0.118. The number of carbonyl (C=O) groups is 1. The molecule has 0 unspecified atom stereocenters. The lowest BCUT2D eigenvalue weighted by Gasteiger charge is -2.15. The van der Waals surface area contributed by atoms with Crippen LogP contribution in [-0.4, -0.2) is 30.5 Å². The molecule has 0 fully saturated rings. The number of carbonyl (C=O) groups excluding carboxylic acids is 1. The first-order valence-electron chi connectivity index (χ1n) is 8.91. The summed E-state index contributed by atoms with van der Waals surface area (Å²) in [6.07, 6.45) is 1.55. The molecule has 0 atom stereocenters. The molecule has 5 N–H and O–H groups in total. The summed E-state index contributed by atoms with van der Waals surface area (Å²) >= 11 is 1.56. The van der Waals surface area contributed by atoms with E-state index in [9.17, 15) is 9.90 Å². The lowest BCUT2D eigenvalue weighted by atomic mass is 10.1. The van der Waals surface area contributed by atoms with Gasteiger partial charge in [0, 0.05) is 16.6 Å². The largest absolute Gasteiger partial charge is 0.508 e. The number of aromatic nitrogens is 4. The fourth-order valence-electron chi connectivity index (χ4n) is 3.59. The van der Waals surface area contributed by atoms with E-state index < -0.39 is 5.91 Å². The third-order valence-electron chi connectivity index (χ3n) is 4.94. The predicted octanol–water partition coefficient (Wildman–Crippen LogP) is 3.16. The summed E-state index contributed by atoms with van der Waals surface area (Å²) in [5.74, 6) is 0.0398. The quantitative estimate of drug-likeness (QED) is 0.477. The van der Waals surface area contributed by atoms with Gasteiger partial charge in [0.2, 0.25) is 0 Å². The number of fused-ring (bicyclic) bond motifs is 1. The molecular formula is C20H20N6O2S. The molecule has 0 aliphatic rings. The molecule has 1 amide bonds. The molecule has 9 heteroatoms. The maximum absolute atomic E-state index is 12.1. The SMILES string of the molecule is Cc1nc(-c2ncc3c(C(N)=O)c(N)n(-c4c(C)ccc(O)c4C)c3n2)c(C)s1. The van der Waals surface area contributed by atoms with Crippen LogP contribution in [0, 0.1) is 27.7 Å². The first-order chi connectivity index (χ1) is 13.7. The van der Waals surface area contributed by atoms with E-state index in [0.717, 1.165) is 15.4 Å². The van der Waals surface area contributed by atoms with Gasteiger partial charge in [-0.15, -0.1) is 11.3 Å². The van der Waals surface area contributed by atoms with Crippen LogP contribution in [0.15, 0.2) is 18.3 Å². The van der Waals surface area contributed by atoms with Crippen molar-refractivity contribution in [2.75, 3.05) is 5.73 Å². The van der Waals surface area contributed by atoms with Crippen molar-refractivity contribution in [2.45, 2.75) is 27.7 Å². The van der Waals surface area contributed by atoms with Gasteiger partial charge in [-0.1, -0.05) is 6.07 Å². The maximum atomic E-state index is 12.1. The molecule has 0 bridgehead atoms. The Hall–Kier alpha value is -3.46. The van der Waals surface area contributed by atoms with E-state index in [1.54, 1.807) is 41.2 Å². The molecule has 4 rings (SSSR count). The number of hydrogen-bond acceptors (Lipinski definition) is 7. The number of aromatic hydroxyl groups is 1. The molecule has 0 spiro atoms. The molecule has 3 aromatic heterocycles. The molecule has 0 aliphatic carbocycles. The van der Waals surface area contributed by atoms with Gasteiger partial charge in [0.25, 0.3) is 5.91 Å². The van der Waals surface area contributed by atoms with Crippen LogP contribution >= 0.6 is 11.3 Å². The standard InChI is InChI=1S/C20H20N6O2S/c1-8-5-6-13(27)9(2)16(8)26-17(21)14(18(22)28)12-7-23-19(25-20(12)26)15-10(3)29-11(4)24-15/h5-7,27H,21H2,1-4H3,(H2,22,28). The number of hydrogen-bond donors (Lipinski definition) is 3. The number of primary amides is 1. The van der Waals surface area contributed by atoms with Crippen molar-refractivity contribution in [3.63, 3.8) is 0 Å². The van der Waals surface area contributed by atoms with E-state index in [-0.39, 0.29) is 17.1 Å². The molecule has 148 valence electrons. The van der Waals surface area contributed by atoms with Crippen LogP contribution in [0.1, 0.15) is 31.4 Å². The lowest BCUT2D eigenvalue weighted by Crippen LogP contribution is -2.14. The van der Waals surface area contributed by atoms with Gasteiger partial charge in [0.05, 0.1) is 21.6 Å². The zero-order chi connectivity index (χ0) is 21.0. The number of nitrogens with two attached hydrogens (primary N) is 2. The predicted molar refractivity (Wildman–Crippen MR) is 114 cm³/mol. The maximum Gasteiger partial charge on any atom is 0.253 e. The lowest BCUT2D eigenvalue weighted by molar-refractivity contribution is 0.100. The second-order valence-electron chi connectivity index (χ2n) is 6.90. The fraction of sp³-hybridized carbons (Fsp3) is 0.200. The van der Waals surface area contributed by atoms with Crippen LogP contribution < -0.4 is 11.5 Å². The second-order valence-corrected chi connectivity index (χ2v) is 8.31. The van der Waals surface area contributed by atoms with E-state index >= 15 is 0 Å². The van der Waals surface area contributed by atoms with E-state index in [0.29, 0.717) is 33.8 Å². The highest BCUT2D eigenvalue weighted by Crippen LogP contribution is 2.36.